The highest BCUT2D eigenvalue weighted by Crippen LogP contribution is 2.35. The second kappa shape index (κ2) is 8.46. The average molecular weight is 426 g/mol. The number of nitrogens with one attached hydrogen (secondary N) is 1. The largest absolute Gasteiger partial charge is 0.497 e. The van der Waals surface area contributed by atoms with E-state index in [1.54, 1.807) is 20.3 Å². The van der Waals surface area contributed by atoms with Crippen molar-refractivity contribution in [3.63, 3.8) is 0 Å². The highest BCUT2D eigenvalue weighted by atomic mass is 32.2. The number of carbonyl (C=O) groups is 1. The molecule has 0 saturated carbocycles. The van der Waals surface area contributed by atoms with Crippen LogP contribution in [0.15, 0.2) is 23.6 Å². The van der Waals surface area contributed by atoms with Gasteiger partial charge in [0, 0.05) is 30.1 Å². The van der Waals surface area contributed by atoms with Crippen LogP contribution in [0.1, 0.15) is 12.8 Å². The summed E-state index contributed by atoms with van der Waals surface area (Å²) in [5.74, 6) is 0.706. The summed E-state index contributed by atoms with van der Waals surface area (Å²) >= 11 is 1.31. The van der Waals surface area contributed by atoms with Crippen LogP contribution in [0.25, 0.3) is 11.3 Å². The quantitative estimate of drug-likeness (QED) is 0.763. The fourth-order valence-electron chi connectivity index (χ4n) is 3.13. The lowest BCUT2D eigenvalue weighted by Gasteiger charge is -2.29. The minimum atomic E-state index is -3.29. The normalized spacial score (nSPS) is 17.9. The van der Waals surface area contributed by atoms with Crippen molar-refractivity contribution in [1.29, 1.82) is 0 Å². The van der Waals surface area contributed by atoms with Crippen LogP contribution in [0.5, 0.6) is 11.5 Å². The van der Waals surface area contributed by atoms with E-state index in [0.717, 1.165) is 5.56 Å². The summed E-state index contributed by atoms with van der Waals surface area (Å²) in [6, 6.07) is 5.44. The van der Waals surface area contributed by atoms with Crippen molar-refractivity contribution in [2.24, 2.45) is 5.92 Å². The number of ether oxygens (including phenoxy) is 2. The highest BCUT2D eigenvalue weighted by Gasteiger charge is 2.30. The number of methoxy groups -OCH3 is 2. The molecule has 0 radical (unpaired) electrons. The Hall–Kier alpha value is -2.17. The van der Waals surface area contributed by atoms with Gasteiger partial charge in [-0.25, -0.2) is 17.7 Å². The van der Waals surface area contributed by atoms with Gasteiger partial charge in [0.25, 0.3) is 0 Å². The van der Waals surface area contributed by atoms with Gasteiger partial charge >= 0.3 is 0 Å². The summed E-state index contributed by atoms with van der Waals surface area (Å²) in [6.45, 7) is 0.663. The minimum absolute atomic E-state index is 0.204. The third-order valence-corrected chi connectivity index (χ3v) is 6.67. The van der Waals surface area contributed by atoms with E-state index in [-0.39, 0.29) is 18.4 Å². The van der Waals surface area contributed by atoms with E-state index >= 15 is 0 Å². The molecule has 3 rings (SSSR count). The molecule has 28 heavy (non-hydrogen) atoms. The molecule has 0 spiro atoms. The van der Waals surface area contributed by atoms with Crippen LogP contribution in [0.2, 0.25) is 0 Å². The van der Waals surface area contributed by atoms with E-state index in [2.05, 4.69) is 10.3 Å². The molecule has 0 aliphatic carbocycles. The van der Waals surface area contributed by atoms with Gasteiger partial charge in [-0.3, -0.25) is 4.79 Å². The molecule has 1 saturated heterocycles. The van der Waals surface area contributed by atoms with E-state index in [1.165, 1.54) is 21.9 Å². The van der Waals surface area contributed by atoms with Crippen LogP contribution in [0, 0.1) is 5.92 Å². The van der Waals surface area contributed by atoms with Gasteiger partial charge in [-0.15, -0.1) is 11.3 Å². The lowest BCUT2D eigenvalue weighted by Crippen LogP contribution is -2.43. The molecule has 2 heterocycles. The minimum Gasteiger partial charge on any atom is -0.497 e. The molecule has 8 nitrogen and oxygen atoms in total. The number of nitrogens with zero attached hydrogens (tertiary/aromatic N) is 2. The molecule has 1 aromatic heterocycles. The molecular weight excluding hydrogens is 402 g/mol. The first-order valence-corrected chi connectivity index (χ1v) is 11.5. The third kappa shape index (κ3) is 4.62. The Morgan fingerprint density at radius 3 is 2.79 bits per heavy atom. The van der Waals surface area contributed by atoms with Gasteiger partial charge in [-0.05, 0) is 25.0 Å². The number of benzene rings is 1. The lowest BCUT2D eigenvalue weighted by atomic mass is 9.99. The first-order valence-electron chi connectivity index (χ1n) is 8.75. The zero-order valence-electron chi connectivity index (χ0n) is 16.0. The first kappa shape index (κ1) is 20.6. The lowest BCUT2D eigenvalue weighted by molar-refractivity contribution is -0.120. The number of thiazole rings is 1. The summed E-state index contributed by atoms with van der Waals surface area (Å²) < 4.78 is 35.5. The topological polar surface area (TPSA) is 97.8 Å². The number of hydrogen-bond acceptors (Lipinski definition) is 7. The van der Waals surface area contributed by atoms with E-state index in [9.17, 15) is 13.2 Å². The Morgan fingerprint density at radius 2 is 2.11 bits per heavy atom. The summed E-state index contributed by atoms with van der Waals surface area (Å²) in [4.78, 5) is 17.1. The van der Waals surface area contributed by atoms with E-state index in [4.69, 9.17) is 9.47 Å². The Bertz CT molecular complexity index is 958. The molecule has 1 aliphatic rings. The maximum atomic E-state index is 12.6. The fraction of sp³-hybridized carbons (Fsp3) is 0.444. The predicted octanol–water partition coefficient (Wildman–Crippen LogP) is 2.44. The molecule has 1 aromatic carbocycles. The van der Waals surface area contributed by atoms with Crippen LogP contribution in [0.3, 0.4) is 0 Å². The average Bonchev–Trinajstić information content (AvgIpc) is 3.15. The molecule has 1 amide bonds. The van der Waals surface area contributed by atoms with Crippen molar-refractivity contribution in [2.45, 2.75) is 12.8 Å². The Balaban J connectivity index is 1.72. The van der Waals surface area contributed by atoms with Gasteiger partial charge in [-0.1, -0.05) is 0 Å². The predicted molar refractivity (Wildman–Crippen MR) is 108 cm³/mol. The van der Waals surface area contributed by atoms with Gasteiger partial charge < -0.3 is 14.8 Å². The van der Waals surface area contributed by atoms with Crippen LogP contribution >= 0.6 is 11.3 Å². The standard InChI is InChI=1S/C18H23N3O5S2/c1-25-13-6-7-14(16(9-13)26-2)15-11-27-18(19-15)20-17(22)12-5-4-8-21(10-12)28(3,23)24/h6-7,9,11-12H,4-5,8,10H2,1-3H3,(H,19,20,22). The van der Waals surface area contributed by atoms with Gasteiger partial charge in [0.2, 0.25) is 15.9 Å². The SMILES string of the molecule is COc1ccc(-c2csc(NC(=O)C3CCCN(S(C)(=O)=O)C3)n2)c(OC)c1. The maximum absolute atomic E-state index is 12.6. The number of piperidine rings is 1. The summed E-state index contributed by atoms with van der Waals surface area (Å²) in [6.07, 6.45) is 2.49. The Kier molecular flexibility index (Phi) is 6.21. The molecule has 10 heteroatoms. The molecule has 0 bridgehead atoms. The molecular formula is C18H23N3O5S2. The van der Waals surface area contributed by atoms with Crippen LogP contribution in [0.4, 0.5) is 5.13 Å². The van der Waals surface area contributed by atoms with Crippen molar-refractivity contribution in [1.82, 2.24) is 9.29 Å². The van der Waals surface area contributed by atoms with E-state index in [0.29, 0.717) is 41.7 Å². The molecule has 1 N–H and O–H groups in total. The van der Waals surface area contributed by atoms with Crippen molar-refractivity contribution >= 4 is 32.4 Å². The molecule has 1 aliphatic heterocycles. The molecule has 1 fully saturated rings. The fourth-order valence-corrected chi connectivity index (χ4v) is 4.76. The summed E-state index contributed by atoms with van der Waals surface area (Å²) in [5.41, 5.74) is 1.47. The van der Waals surface area contributed by atoms with E-state index < -0.39 is 10.0 Å². The zero-order chi connectivity index (χ0) is 20.3. The van der Waals surface area contributed by atoms with Crippen molar-refractivity contribution < 1.29 is 22.7 Å². The third-order valence-electron chi connectivity index (χ3n) is 4.64. The zero-order valence-corrected chi connectivity index (χ0v) is 17.6. The Labute approximate surface area is 168 Å². The van der Waals surface area contributed by atoms with E-state index in [1.807, 2.05) is 17.5 Å². The smallest absolute Gasteiger partial charge is 0.230 e. The number of carbonyl (C=O) groups excluding carboxylic acids is 1. The van der Waals surface area contributed by atoms with Crippen molar-refractivity contribution in [3.05, 3.63) is 23.6 Å². The summed E-state index contributed by atoms with van der Waals surface area (Å²) in [5, 5.41) is 5.12. The highest BCUT2D eigenvalue weighted by molar-refractivity contribution is 7.88. The monoisotopic (exact) mass is 425 g/mol. The number of anilines is 1. The second-order valence-corrected chi connectivity index (χ2v) is 9.39. The van der Waals surface area contributed by atoms with Crippen LogP contribution < -0.4 is 14.8 Å². The van der Waals surface area contributed by atoms with Crippen molar-refractivity contribution in [3.8, 4) is 22.8 Å². The van der Waals surface area contributed by atoms with Gasteiger partial charge in [0.1, 0.15) is 11.5 Å². The molecule has 1 unspecified atom stereocenters. The molecule has 1 atom stereocenters. The van der Waals surface area contributed by atoms with Crippen LogP contribution in [-0.4, -0.2) is 57.2 Å². The van der Waals surface area contributed by atoms with Gasteiger partial charge in [0.15, 0.2) is 5.13 Å². The first-order chi connectivity index (χ1) is 13.3. The number of rotatable bonds is 6. The number of aromatic nitrogens is 1. The van der Waals surface area contributed by atoms with Gasteiger partial charge in [-0.2, -0.15) is 0 Å². The second-order valence-electron chi connectivity index (χ2n) is 6.55. The maximum Gasteiger partial charge on any atom is 0.230 e. The number of sulfonamides is 1. The molecule has 2 aromatic rings. The van der Waals surface area contributed by atoms with Crippen molar-refractivity contribution in [2.75, 3.05) is 38.9 Å². The summed E-state index contributed by atoms with van der Waals surface area (Å²) in [7, 11) is -0.137. The Morgan fingerprint density at radius 1 is 1.32 bits per heavy atom. The number of hydrogen-bond donors (Lipinski definition) is 1. The molecule has 152 valence electrons. The number of amides is 1. The van der Waals surface area contributed by atoms with Gasteiger partial charge in [0.05, 0.1) is 32.1 Å². The van der Waals surface area contributed by atoms with Crippen LogP contribution in [-0.2, 0) is 14.8 Å².